The summed E-state index contributed by atoms with van der Waals surface area (Å²) in [6.07, 6.45) is 1.33. The molecule has 0 aliphatic carbocycles. The zero-order valence-electron chi connectivity index (χ0n) is 11.9. The Bertz CT molecular complexity index is 253. The number of hydrogen-bond acceptors (Lipinski definition) is 4. The van der Waals surface area contributed by atoms with Gasteiger partial charge in [0.15, 0.2) is 0 Å². The van der Waals surface area contributed by atoms with Crippen LogP contribution in [-0.4, -0.2) is 66.3 Å². The zero-order chi connectivity index (χ0) is 13.5. The molecule has 0 aromatic rings. The van der Waals surface area contributed by atoms with Crippen molar-refractivity contribution in [3.8, 4) is 0 Å². The third-order valence-electron chi connectivity index (χ3n) is 3.42. The van der Waals surface area contributed by atoms with Crippen LogP contribution in [0.25, 0.3) is 0 Å². The van der Waals surface area contributed by atoms with Gasteiger partial charge in [0, 0.05) is 32.7 Å². The Balaban J connectivity index is 2.25. The van der Waals surface area contributed by atoms with Gasteiger partial charge < -0.3 is 10.5 Å². The molecule has 4 nitrogen and oxygen atoms in total. The molecule has 1 rings (SSSR count). The van der Waals surface area contributed by atoms with E-state index in [1.54, 1.807) is 0 Å². The van der Waals surface area contributed by atoms with Crippen LogP contribution in [-0.2, 0) is 4.74 Å². The molecule has 0 spiro atoms. The van der Waals surface area contributed by atoms with Crippen molar-refractivity contribution in [1.82, 2.24) is 9.80 Å². The van der Waals surface area contributed by atoms with Gasteiger partial charge in [-0.1, -0.05) is 19.1 Å². The maximum absolute atomic E-state index is 5.78. The molecule has 1 heterocycles. The Kier molecular flexibility index (Phi) is 7.07. The fourth-order valence-electron chi connectivity index (χ4n) is 2.36. The number of thiocarbonyl (C=S) groups is 1. The second-order valence-electron chi connectivity index (χ2n) is 5.12. The van der Waals surface area contributed by atoms with E-state index >= 15 is 0 Å². The molecule has 1 aliphatic heterocycles. The van der Waals surface area contributed by atoms with E-state index in [1.165, 1.54) is 0 Å². The van der Waals surface area contributed by atoms with Crippen LogP contribution >= 0.6 is 12.2 Å². The van der Waals surface area contributed by atoms with E-state index < -0.39 is 0 Å². The van der Waals surface area contributed by atoms with E-state index in [9.17, 15) is 0 Å². The highest BCUT2D eigenvalue weighted by atomic mass is 32.1. The monoisotopic (exact) mass is 273 g/mol. The number of nitrogens with zero attached hydrogens (tertiary/aromatic N) is 2. The third-order valence-corrected chi connectivity index (χ3v) is 3.69. The van der Waals surface area contributed by atoms with Gasteiger partial charge in [-0.15, -0.1) is 0 Å². The summed E-state index contributed by atoms with van der Waals surface area (Å²) < 4.78 is 5.58. The lowest BCUT2D eigenvalue weighted by molar-refractivity contribution is 0.0420. The van der Waals surface area contributed by atoms with E-state index in [0.29, 0.717) is 11.1 Å². The molecule has 0 bridgehead atoms. The van der Waals surface area contributed by atoms with Crippen LogP contribution in [0.2, 0.25) is 0 Å². The molecule has 0 saturated carbocycles. The maximum Gasteiger partial charge on any atom is 0.0901 e. The number of hydrogen-bond donors (Lipinski definition) is 1. The average Bonchev–Trinajstić information content (AvgIpc) is 2.31. The summed E-state index contributed by atoms with van der Waals surface area (Å²) in [5, 5.41) is 0. The van der Waals surface area contributed by atoms with Crippen LogP contribution in [0.3, 0.4) is 0 Å². The lowest BCUT2D eigenvalue weighted by atomic mass is 10.1. The van der Waals surface area contributed by atoms with Crippen molar-refractivity contribution in [2.75, 3.05) is 39.3 Å². The van der Waals surface area contributed by atoms with Gasteiger partial charge in [-0.2, -0.15) is 0 Å². The van der Waals surface area contributed by atoms with Crippen LogP contribution in [0.15, 0.2) is 0 Å². The Hall–Kier alpha value is -0.230. The molecule has 1 fully saturated rings. The van der Waals surface area contributed by atoms with Crippen LogP contribution < -0.4 is 5.73 Å². The largest absolute Gasteiger partial charge is 0.392 e. The quantitative estimate of drug-likeness (QED) is 0.703. The Morgan fingerprint density at radius 3 is 2.33 bits per heavy atom. The highest BCUT2D eigenvalue weighted by Gasteiger charge is 2.23. The number of nitrogens with two attached hydrogens (primary N) is 1. The second-order valence-corrected chi connectivity index (χ2v) is 5.59. The van der Waals surface area contributed by atoms with Gasteiger partial charge in [0.1, 0.15) is 0 Å². The van der Waals surface area contributed by atoms with E-state index in [1.807, 2.05) is 0 Å². The summed E-state index contributed by atoms with van der Waals surface area (Å²) in [6.45, 7) is 12.4. The fraction of sp³-hybridized carbons (Fsp3) is 0.923. The molecule has 5 heteroatoms. The molecule has 18 heavy (non-hydrogen) atoms. The molecule has 2 N–H and O–H groups in total. The maximum atomic E-state index is 5.78. The highest BCUT2D eigenvalue weighted by molar-refractivity contribution is 7.80. The minimum absolute atomic E-state index is 0.272. The van der Waals surface area contributed by atoms with Crippen LogP contribution in [0.5, 0.6) is 0 Å². The first-order valence-electron chi connectivity index (χ1n) is 6.92. The lowest BCUT2D eigenvalue weighted by Gasteiger charge is -2.38. The molecule has 1 aliphatic rings. The first kappa shape index (κ1) is 15.8. The minimum atomic E-state index is 0.272. The minimum Gasteiger partial charge on any atom is -0.392 e. The van der Waals surface area contributed by atoms with Crippen LogP contribution in [0.4, 0.5) is 0 Å². The number of piperazine rings is 1. The van der Waals surface area contributed by atoms with Crippen molar-refractivity contribution < 1.29 is 4.74 Å². The molecule has 106 valence electrons. The Morgan fingerprint density at radius 2 is 1.89 bits per heavy atom. The standard InChI is InChI=1S/C13H27N3OS/c1-4-12(13(14)18)16-7-5-15(6-8-16)9-10-17-11(2)3/h11-12H,4-10H2,1-3H3,(H2,14,18). The Labute approximate surface area is 116 Å². The van der Waals surface area contributed by atoms with Gasteiger partial charge in [0.25, 0.3) is 0 Å². The first-order valence-corrected chi connectivity index (χ1v) is 7.32. The number of ether oxygens (including phenoxy) is 1. The van der Waals surface area contributed by atoms with Gasteiger partial charge in [0.05, 0.1) is 23.7 Å². The first-order chi connectivity index (χ1) is 8.54. The van der Waals surface area contributed by atoms with Gasteiger partial charge >= 0.3 is 0 Å². The Morgan fingerprint density at radius 1 is 1.28 bits per heavy atom. The smallest absolute Gasteiger partial charge is 0.0901 e. The predicted molar refractivity (Wildman–Crippen MR) is 80.0 cm³/mol. The van der Waals surface area contributed by atoms with Crippen molar-refractivity contribution in [2.24, 2.45) is 5.73 Å². The SMILES string of the molecule is CCC(C(N)=S)N1CCN(CCOC(C)C)CC1. The molecular formula is C13H27N3OS. The molecular weight excluding hydrogens is 246 g/mol. The highest BCUT2D eigenvalue weighted by Crippen LogP contribution is 2.09. The number of rotatable bonds is 7. The normalized spacial score (nSPS) is 20.2. The lowest BCUT2D eigenvalue weighted by Crippen LogP contribution is -2.53. The summed E-state index contributed by atoms with van der Waals surface area (Å²) >= 11 is 5.13. The van der Waals surface area contributed by atoms with Crippen molar-refractivity contribution in [3.05, 3.63) is 0 Å². The molecule has 0 amide bonds. The molecule has 1 saturated heterocycles. The fourth-order valence-corrected chi connectivity index (χ4v) is 2.67. The summed E-state index contributed by atoms with van der Waals surface area (Å²) in [5.41, 5.74) is 5.78. The van der Waals surface area contributed by atoms with E-state index in [0.717, 1.165) is 45.8 Å². The van der Waals surface area contributed by atoms with E-state index in [2.05, 4.69) is 30.6 Å². The van der Waals surface area contributed by atoms with Gasteiger partial charge in [0.2, 0.25) is 0 Å². The van der Waals surface area contributed by atoms with Crippen LogP contribution in [0, 0.1) is 0 Å². The summed E-state index contributed by atoms with van der Waals surface area (Å²) in [7, 11) is 0. The molecule has 0 aromatic carbocycles. The summed E-state index contributed by atoms with van der Waals surface area (Å²) in [4.78, 5) is 5.49. The molecule has 1 atom stereocenters. The average molecular weight is 273 g/mol. The summed E-state index contributed by atoms with van der Waals surface area (Å²) in [6, 6.07) is 0.272. The van der Waals surface area contributed by atoms with Gasteiger partial charge in [-0.05, 0) is 20.3 Å². The molecule has 0 aromatic heterocycles. The molecule has 1 unspecified atom stereocenters. The molecule has 0 radical (unpaired) electrons. The van der Waals surface area contributed by atoms with Crippen LogP contribution in [0.1, 0.15) is 27.2 Å². The van der Waals surface area contributed by atoms with Crippen molar-refractivity contribution in [1.29, 1.82) is 0 Å². The predicted octanol–water partition coefficient (Wildman–Crippen LogP) is 1.09. The van der Waals surface area contributed by atoms with Crippen molar-refractivity contribution >= 4 is 17.2 Å². The third kappa shape index (κ3) is 5.18. The van der Waals surface area contributed by atoms with Gasteiger partial charge in [-0.3, -0.25) is 9.80 Å². The van der Waals surface area contributed by atoms with E-state index in [4.69, 9.17) is 22.7 Å². The van der Waals surface area contributed by atoms with E-state index in [-0.39, 0.29) is 6.04 Å². The van der Waals surface area contributed by atoms with Crippen molar-refractivity contribution in [2.45, 2.75) is 39.3 Å². The summed E-state index contributed by atoms with van der Waals surface area (Å²) in [5.74, 6) is 0. The second kappa shape index (κ2) is 8.04. The van der Waals surface area contributed by atoms with Gasteiger partial charge in [-0.25, -0.2) is 0 Å². The van der Waals surface area contributed by atoms with Crippen molar-refractivity contribution in [3.63, 3.8) is 0 Å². The topological polar surface area (TPSA) is 41.7 Å². The zero-order valence-corrected chi connectivity index (χ0v) is 12.7.